The molecule has 0 bridgehead atoms. The number of rotatable bonds is 5. The average molecular weight is 391 g/mol. The molecule has 1 heterocycles. The van der Waals surface area contributed by atoms with Crippen molar-refractivity contribution in [2.24, 2.45) is 0 Å². The molecule has 1 saturated heterocycles. The molecule has 1 aliphatic rings. The van der Waals surface area contributed by atoms with E-state index in [0.29, 0.717) is 13.1 Å². The first-order valence-corrected chi connectivity index (χ1v) is 8.49. The van der Waals surface area contributed by atoms with Crippen LogP contribution in [0.2, 0.25) is 0 Å². The third-order valence-corrected chi connectivity index (χ3v) is 4.68. The number of hydrogen-bond donors (Lipinski definition) is 1. The highest BCUT2D eigenvalue weighted by atomic mass is 79.9. The van der Waals surface area contributed by atoms with Crippen molar-refractivity contribution in [3.8, 4) is 5.75 Å². The van der Waals surface area contributed by atoms with Crippen LogP contribution in [0.25, 0.3) is 0 Å². The number of benzene rings is 2. The van der Waals surface area contributed by atoms with Gasteiger partial charge in [-0.1, -0.05) is 28.1 Å². The molecule has 0 spiro atoms. The van der Waals surface area contributed by atoms with Gasteiger partial charge in [0, 0.05) is 16.7 Å². The van der Waals surface area contributed by atoms with E-state index in [0.717, 1.165) is 21.5 Å². The molecule has 2 amide bonds. The molecule has 24 heavy (non-hydrogen) atoms. The number of urea groups is 1. The molecule has 1 fully saturated rings. The molecule has 1 aliphatic heterocycles. The maximum atomic E-state index is 12.8. The van der Waals surface area contributed by atoms with Crippen molar-refractivity contribution in [3.63, 3.8) is 0 Å². The number of nitrogens with zero attached hydrogens (tertiary/aromatic N) is 2. The average Bonchev–Trinajstić information content (AvgIpc) is 2.92. The Balaban J connectivity index is 1.81. The Bertz CT molecular complexity index is 720. The fourth-order valence-corrected chi connectivity index (χ4v) is 3.12. The molecule has 0 aliphatic carbocycles. The fourth-order valence-electron chi connectivity index (χ4n) is 2.86. The second-order valence-electron chi connectivity index (χ2n) is 5.69. The number of halogens is 1. The molecule has 6 heteroatoms. The standard InChI is InChI=1S/C18H19BrN2O3/c1-24-17-4-2-3-13(9-17)10-20-16(12-22)11-21(18(20)23)15-7-5-14(19)6-8-15/h2-9,16,22H,10-12H2,1H3/t16-/m1/s1. The first kappa shape index (κ1) is 16.8. The third-order valence-electron chi connectivity index (χ3n) is 4.15. The minimum absolute atomic E-state index is 0.0667. The predicted octanol–water partition coefficient (Wildman–Crippen LogP) is 3.26. The highest BCUT2D eigenvalue weighted by molar-refractivity contribution is 9.10. The summed E-state index contributed by atoms with van der Waals surface area (Å²) in [5, 5.41) is 9.69. The molecule has 3 rings (SSSR count). The smallest absolute Gasteiger partial charge is 0.325 e. The lowest BCUT2D eigenvalue weighted by atomic mass is 10.2. The summed E-state index contributed by atoms with van der Waals surface area (Å²) in [6, 6.07) is 14.9. The monoisotopic (exact) mass is 390 g/mol. The number of carbonyl (C=O) groups excluding carboxylic acids is 1. The van der Waals surface area contributed by atoms with E-state index in [2.05, 4.69) is 15.9 Å². The summed E-state index contributed by atoms with van der Waals surface area (Å²) >= 11 is 3.40. The van der Waals surface area contributed by atoms with Gasteiger partial charge in [-0.3, -0.25) is 4.90 Å². The summed E-state index contributed by atoms with van der Waals surface area (Å²) in [6.07, 6.45) is 0. The number of hydrogen-bond acceptors (Lipinski definition) is 3. The van der Waals surface area contributed by atoms with Gasteiger partial charge in [0.25, 0.3) is 0 Å². The number of methoxy groups -OCH3 is 1. The largest absolute Gasteiger partial charge is 0.497 e. The van der Waals surface area contributed by atoms with Gasteiger partial charge in [-0.05, 0) is 42.0 Å². The van der Waals surface area contributed by atoms with E-state index in [-0.39, 0.29) is 18.7 Å². The number of anilines is 1. The summed E-state index contributed by atoms with van der Waals surface area (Å²) in [4.78, 5) is 16.2. The van der Waals surface area contributed by atoms with E-state index < -0.39 is 0 Å². The SMILES string of the molecule is COc1cccc(CN2C(=O)N(c3ccc(Br)cc3)C[C@@H]2CO)c1. The first-order chi connectivity index (χ1) is 11.6. The predicted molar refractivity (Wildman–Crippen MR) is 96.3 cm³/mol. The maximum Gasteiger partial charge on any atom is 0.325 e. The third kappa shape index (κ3) is 3.39. The molecule has 0 radical (unpaired) electrons. The minimum atomic E-state index is -0.229. The molecule has 1 atom stereocenters. The van der Waals surface area contributed by atoms with Crippen molar-refractivity contribution < 1.29 is 14.6 Å². The van der Waals surface area contributed by atoms with E-state index in [9.17, 15) is 9.90 Å². The van der Waals surface area contributed by atoms with Gasteiger partial charge in [-0.2, -0.15) is 0 Å². The zero-order chi connectivity index (χ0) is 17.1. The van der Waals surface area contributed by atoms with Crippen LogP contribution >= 0.6 is 15.9 Å². The van der Waals surface area contributed by atoms with E-state index in [1.54, 1.807) is 16.9 Å². The van der Waals surface area contributed by atoms with Crippen molar-refractivity contribution in [2.75, 3.05) is 25.2 Å². The Morgan fingerprint density at radius 1 is 1.25 bits per heavy atom. The van der Waals surface area contributed by atoms with E-state index in [1.807, 2.05) is 48.5 Å². The van der Waals surface area contributed by atoms with E-state index >= 15 is 0 Å². The summed E-state index contributed by atoms with van der Waals surface area (Å²) in [6.45, 7) is 0.845. The lowest BCUT2D eigenvalue weighted by Crippen LogP contribution is -2.36. The van der Waals surface area contributed by atoms with Gasteiger partial charge < -0.3 is 14.7 Å². The van der Waals surface area contributed by atoms with Gasteiger partial charge in [-0.15, -0.1) is 0 Å². The molecule has 0 unspecified atom stereocenters. The van der Waals surface area contributed by atoms with Gasteiger partial charge in [0.1, 0.15) is 5.75 Å². The quantitative estimate of drug-likeness (QED) is 0.852. The van der Waals surface area contributed by atoms with Gasteiger partial charge in [0.15, 0.2) is 0 Å². The number of ether oxygens (including phenoxy) is 1. The lowest BCUT2D eigenvalue weighted by Gasteiger charge is -2.22. The van der Waals surface area contributed by atoms with Gasteiger partial charge in [-0.25, -0.2) is 4.79 Å². The molecular formula is C18H19BrN2O3. The Morgan fingerprint density at radius 3 is 2.67 bits per heavy atom. The Morgan fingerprint density at radius 2 is 2.00 bits per heavy atom. The Hall–Kier alpha value is -2.05. The van der Waals surface area contributed by atoms with Crippen LogP contribution in [0, 0.1) is 0 Å². The van der Waals surface area contributed by atoms with Crippen molar-refractivity contribution in [1.82, 2.24) is 4.90 Å². The molecule has 2 aromatic rings. The number of carbonyl (C=O) groups is 1. The Labute approximate surface area is 149 Å². The van der Waals surface area contributed by atoms with Gasteiger partial charge in [0.2, 0.25) is 0 Å². The number of aliphatic hydroxyl groups is 1. The van der Waals surface area contributed by atoms with Crippen molar-refractivity contribution >= 4 is 27.6 Å². The second-order valence-corrected chi connectivity index (χ2v) is 6.60. The Kier molecular flexibility index (Phi) is 5.06. The molecule has 0 saturated carbocycles. The van der Waals surface area contributed by atoms with Gasteiger partial charge in [0.05, 0.1) is 26.3 Å². The highest BCUT2D eigenvalue weighted by Gasteiger charge is 2.37. The molecule has 2 aromatic carbocycles. The van der Waals surface area contributed by atoms with Crippen LogP contribution in [0.4, 0.5) is 10.5 Å². The lowest BCUT2D eigenvalue weighted by molar-refractivity contribution is 0.161. The highest BCUT2D eigenvalue weighted by Crippen LogP contribution is 2.27. The number of amides is 2. The van der Waals surface area contributed by atoms with Crippen LogP contribution in [0.5, 0.6) is 5.75 Å². The van der Waals surface area contributed by atoms with E-state index in [1.165, 1.54) is 0 Å². The number of aliphatic hydroxyl groups excluding tert-OH is 1. The maximum absolute atomic E-state index is 12.8. The second kappa shape index (κ2) is 7.23. The fraction of sp³-hybridized carbons (Fsp3) is 0.278. The summed E-state index contributed by atoms with van der Waals surface area (Å²) < 4.78 is 6.20. The zero-order valence-electron chi connectivity index (χ0n) is 13.4. The van der Waals surface area contributed by atoms with Crippen molar-refractivity contribution in [1.29, 1.82) is 0 Å². The van der Waals surface area contributed by atoms with Crippen LogP contribution in [0.1, 0.15) is 5.56 Å². The normalized spacial score (nSPS) is 17.5. The minimum Gasteiger partial charge on any atom is -0.497 e. The van der Waals surface area contributed by atoms with Crippen molar-refractivity contribution in [3.05, 3.63) is 58.6 Å². The van der Waals surface area contributed by atoms with Crippen LogP contribution in [0.3, 0.4) is 0 Å². The molecule has 126 valence electrons. The van der Waals surface area contributed by atoms with Gasteiger partial charge >= 0.3 is 6.03 Å². The van der Waals surface area contributed by atoms with Crippen LogP contribution in [-0.4, -0.2) is 42.3 Å². The molecular weight excluding hydrogens is 372 g/mol. The first-order valence-electron chi connectivity index (χ1n) is 7.70. The van der Waals surface area contributed by atoms with Crippen LogP contribution in [0.15, 0.2) is 53.0 Å². The summed E-state index contributed by atoms with van der Waals surface area (Å²) in [7, 11) is 1.62. The van der Waals surface area contributed by atoms with E-state index in [4.69, 9.17) is 4.74 Å². The van der Waals surface area contributed by atoms with Crippen LogP contribution < -0.4 is 9.64 Å². The van der Waals surface area contributed by atoms with Crippen LogP contribution in [-0.2, 0) is 6.54 Å². The molecule has 5 nitrogen and oxygen atoms in total. The summed E-state index contributed by atoms with van der Waals surface area (Å²) in [5.74, 6) is 0.754. The molecule has 0 aromatic heterocycles. The zero-order valence-corrected chi connectivity index (χ0v) is 14.9. The molecule has 1 N–H and O–H groups in total. The van der Waals surface area contributed by atoms with Crippen molar-refractivity contribution in [2.45, 2.75) is 12.6 Å². The summed E-state index contributed by atoms with van der Waals surface area (Å²) in [5.41, 5.74) is 1.80. The topological polar surface area (TPSA) is 53.0 Å².